The van der Waals surface area contributed by atoms with Crippen LogP contribution < -0.4 is 19.6 Å². The van der Waals surface area contributed by atoms with Crippen LogP contribution in [0.1, 0.15) is 29.4 Å². The van der Waals surface area contributed by atoms with Crippen LogP contribution in [0.15, 0.2) is 83.8 Å². The van der Waals surface area contributed by atoms with E-state index in [4.69, 9.17) is 14.6 Å². The number of methoxy groups -OCH3 is 1. The van der Waals surface area contributed by atoms with E-state index in [2.05, 4.69) is 10.1 Å². The van der Waals surface area contributed by atoms with Gasteiger partial charge < -0.3 is 9.47 Å². The average Bonchev–Trinajstić information content (AvgIpc) is 3.68. The number of nitrogens with zero attached hydrogens (tertiary/aromatic N) is 5. The summed E-state index contributed by atoms with van der Waals surface area (Å²) in [5.74, 6) is 2.10. The second-order valence-corrected chi connectivity index (χ2v) is 10.3. The number of aromatic nitrogens is 5. The molecule has 0 aliphatic heterocycles. The smallest absolute Gasteiger partial charge is 0.291 e. The van der Waals surface area contributed by atoms with E-state index in [-0.39, 0.29) is 5.56 Å². The Kier molecular flexibility index (Phi) is 7.18. The van der Waals surface area contributed by atoms with Crippen LogP contribution >= 0.6 is 11.3 Å². The normalized spacial score (nSPS) is 12.0. The Morgan fingerprint density at radius 2 is 1.78 bits per heavy atom. The predicted octanol–water partition coefficient (Wildman–Crippen LogP) is 5.44. The Bertz CT molecular complexity index is 1970. The van der Waals surface area contributed by atoms with Crippen molar-refractivity contribution >= 4 is 34.5 Å². The van der Waals surface area contributed by atoms with Gasteiger partial charge in [0.2, 0.25) is 4.96 Å². The molecule has 0 fully saturated rings. The third-order valence-corrected chi connectivity index (χ3v) is 7.49. The summed E-state index contributed by atoms with van der Waals surface area (Å²) >= 11 is 1.30. The van der Waals surface area contributed by atoms with E-state index in [1.165, 1.54) is 15.9 Å². The number of benzene rings is 3. The number of rotatable bonds is 8. The monoisotopic (exact) mass is 561 g/mol. The summed E-state index contributed by atoms with van der Waals surface area (Å²) < 4.78 is 14.6. The molecule has 0 radical (unpaired) electrons. The molecule has 3 aromatic carbocycles. The first-order valence-electron chi connectivity index (χ1n) is 13.1. The third kappa shape index (κ3) is 5.39. The van der Waals surface area contributed by atoms with Crippen molar-refractivity contribution in [3.8, 4) is 28.4 Å². The van der Waals surface area contributed by atoms with Gasteiger partial charge in [-0.15, -0.1) is 5.10 Å². The number of hydrogen-bond acceptors (Lipinski definition) is 7. The lowest BCUT2D eigenvalue weighted by molar-refractivity contribution is 0.340. The lowest BCUT2D eigenvalue weighted by Crippen LogP contribution is -2.23. The van der Waals surface area contributed by atoms with Gasteiger partial charge in [0.25, 0.3) is 5.56 Å². The minimum absolute atomic E-state index is 0.220. The molecule has 0 aliphatic rings. The molecule has 9 heteroatoms. The molecule has 6 aromatic rings. The molecule has 0 spiro atoms. The summed E-state index contributed by atoms with van der Waals surface area (Å²) in [6.07, 6.45) is 7.50. The van der Waals surface area contributed by atoms with Gasteiger partial charge in [-0.05, 0) is 79.6 Å². The third-order valence-electron chi connectivity index (χ3n) is 6.53. The second-order valence-electron chi connectivity index (χ2n) is 9.31. The van der Waals surface area contributed by atoms with Crippen LogP contribution in [0.2, 0.25) is 0 Å². The van der Waals surface area contributed by atoms with Crippen LogP contribution in [0.25, 0.3) is 40.1 Å². The van der Waals surface area contributed by atoms with E-state index in [9.17, 15) is 4.79 Å². The van der Waals surface area contributed by atoms with Gasteiger partial charge in [0.05, 0.1) is 23.9 Å². The summed E-state index contributed by atoms with van der Waals surface area (Å²) in [5.41, 5.74) is 5.19. The summed E-state index contributed by atoms with van der Waals surface area (Å²) in [7, 11) is 1.66. The molecule has 0 unspecified atom stereocenters. The van der Waals surface area contributed by atoms with E-state index in [0.717, 1.165) is 45.1 Å². The van der Waals surface area contributed by atoms with Gasteiger partial charge in [0.1, 0.15) is 17.2 Å². The highest BCUT2D eigenvalue weighted by molar-refractivity contribution is 7.15. The number of ether oxygens (including phenoxy) is 2. The van der Waals surface area contributed by atoms with E-state index >= 15 is 0 Å². The fraction of sp³-hybridized carbons (Fsp3) is 0.125. The number of hydrogen-bond donors (Lipinski definition) is 0. The molecule has 41 heavy (non-hydrogen) atoms. The minimum Gasteiger partial charge on any atom is -0.496 e. The maximum Gasteiger partial charge on any atom is 0.291 e. The second kappa shape index (κ2) is 11.2. The molecule has 3 heterocycles. The first kappa shape index (κ1) is 26.2. The van der Waals surface area contributed by atoms with Crippen LogP contribution in [0.4, 0.5) is 0 Å². The lowest BCUT2D eigenvalue weighted by atomic mass is 10.0. The maximum absolute atomic E-state index is 13.3. The minimum atomic E-state index is -0.220. The Balaban J connectivity index is 1.37. The van der Waals surface area contributed by atoms with Crippen molar-refractivity contribution in [3.05, 3.63) is 116 Å². The zero-order valence-corrected chi connectivity index (χ0v) is 23.6. The number of fused-ring (bicyclic) bond motifs is 1. The van der Waals surface area contributed by atoms with E-state index < -0.39 is 0 Å². The van der Waals surface area contributed by atoms with Crippen molar-refractivity contribution in [1.82, 2.24) is 24.4 Å². The molecule has 3 aromatic heterocycles. The zero-order chi connectivity index (χ0) is 28.3. The molecule has 0 aliphatic carbocycles. The van der Waals surface area contributed by atoms with Crippen molar-refractivity contribution in [1.29, 1.82) is 0 Å². The zero-order valence-electron chi connectivity index (χ0n) is 22.8. The number of thiazole rings is 1. The Hall–Kier alpha value is -5.02. The number of aryl methyl sites for hydroxylation is 1. The highest BCUT2D eigenvalue weighted by Crippen LogP contribution is 2.29. The molecule has 0 saturated carbocycles. The fourth-order valence-corrected chi connectivity index (χ4v) is 5.44. The Morgan fingerprint density at radius 1 is 0.976 bits per heavy atom. The van der Waals surface area contributed by atoms with Crippen LogP contribution in [-0.2, 0) is 0 Å². The molecule has 0 N–H and O–H groups in total. The van der Waals surface area contributed by atoms with E-state index in [1.807, 2.05) is 110 Å². The summed E-state index contributed by atoms with van der Waals surface area (Å²) in [6, 6.07) is 23.6. The molecule has 204 valence electrons. The molecule has 6 rings (SSSR count). The van der Waals surface area contributed by atoms with Gasteiger partial charge >= 0.3 is 0 Å². The van der Waals surface area contributed by atoms with Gasteiger partial charge in [-0.25, -0.2) is 4.68 Å². The Morgan fingerprint density at radius 3 is 2.49 bits per heavy atom. The highest BCUT2D eigenvalue weighted by Gasteiger charge is 2.15. The number of para-hydroxylation sites is 1. The van der Waals surface area contributed by atoms with Crippen molar-refractivity contribution in [2.24, 2.45) is 0 Å². The molecule has 8 nitrogen and oxygen atoms in total. The topological polar surface area (TPSA) is 83.5 Å². The molecular weight excluding hydrogens is 534 g/mol. The van der Waals surface area contributed by atoms with Crippen LogP contribution in [-0.4, -0.2) is 38.1 Å². The molecule has 0 atom stereocenters. The molecule has 0 amide bonds. The lowest BCUT2D eigenvalue weighted by Gasteiger charge is -2.06. The first-order chi connectivity index (χ1) is 20.0. The van der Waals surface area contributed by atoms with Gasteiger partial charge in [0, 0.05) is 17.3 Å². The molecular formula is C32H27N5O3S. The molecule has 0 saturated heterocycles. The summed E-state index contributed by atoms with van der Waals surface area (Å²) in [4.78, 5) is 18.4. The van der Waals surface area contributed by atoms with Crippen molar-refractivity contribution in [2.75, 3.05) is 13.7 Å². The Labute approximate surface area is 240 Å². The van der Waals surface area contributed by atoms with Gasteiger partial charge in [-0.3, -0.25) is 4.79 Å². The van der Waals surface area contributed by atoms with Crippen LogP contribution in [0.3, 0.4) is 0 Å². The average molecular weight is 562 g/mol. The summed E-state index contributed by atoms with van der Waals surface area (Å²) in [6.45, 7) is 4.58. The SMILES string of the molecule is CCOc1ccc(/C=C/c2nc3s/c(=C\c4cn(-c5ccccc5)nc4-c4ccc(OC)c(C)c4)c(=O)n3n2)cc1. The standard InChI is InChI=1S/C32H27N5O3S/c1-4-40-26-14-10-22(11-15-26)12-17-29-33-32-37(34-29)31(38)28(41-32)19-24-20-36(25-8-6-5-7-9-25)35-30(24)23-13-16-27(39-3)21(2)18-23/h5-20H,4H2,1-3H3/b17-12+,28-19-. The van der Waals surface area contributed by atoms with Crippen molar-refractivity contribution in [2.45, 2.75) is 13.8 Å². The van der Waals surface area contributed by atoms with Crippen molar-refractivity contribution in [3.63, 3.8) is 0 Å². The maximum atomic E-state index is 13.3. The predicted molar refractivity (Wildman–Crippen MR) is 163 cm³/mol. The largest absolute Gasteiger partial charge is 0.496 e. The van der Waals surface area contributed by atoms with Gasteiger partial charge in [0.15, 0.2) is 5.82 Å². The van der Waals surface area contributed by atoms with E-state index in [0.29, 0.717) is 21.9 Å². The molecule has 0 bridgehead atoms. The van der Waals surface area contributed by atoms with Gasteiger partial charge in [-0.2, -0.15) is 14.6 Å². The first-order valence-corrected chi connectivity index (χ1v) is 14.0. The van der Waals surface area contributed by atoms with Crippen molar-refractivity contribution < 1.29 is 9.47 Å². The van der Waals surface area contributed by atoms with E-state index in [1.54, 1.807) is 13.2 Å². The summed E-state index contributed by atoms with van der Waals surface area (Å²) in [5, 5.41) is 9.33. The highest BCUT2D eigenvalue weighted by atomic mass is 32.1. The van der Waals surface area contributed by atoms with Gasteiger partial charge in [-0.1, -0.05) is 47.7 Å². The fourth-order valence-electron chi connectivity index (χ4n) is 4.53. The quantitative estimate of drug-likeness (QED) is 0.246. The van der Waals surface area contributed by atoms with Crippen LogP contribution in [0.5, 0.6) is 11.5 Å². The van der Waals surface area contributed by atoms with Crippen LogP contribution in [0, 0.1) is 6.92 Å².